The van der Waals surface area contributed by atoms with Crippen molar-refractivity contribution in [2.24, 2.45) is 0 Å². The zero-order chi connectivity index (χ0) is 27.7. The van der Waals surface area contributed by atoms with Gasteiger partial charge in [-0.2, -0.15) is 0 Å². The molecule has 6 nitrogen and oxygen atoms in total. The van der Waals surface area contributed by atoms with Gasteiger partial charge in [0.2, 0.25) is 0 Å². The highest BCUT2D eigenvalue weighted by molar-refractivity contribution is 7.91. The number of nitrogens with one attached hydrogen (secondary N) is 1. The molecule has 1 N–H and O–H groups in total. The Bertz CT molecular complexity index is 1790. The van der Waals surface area contributed by atoms with E-state index in [0.717, 1.165) is 35.4 Å². The van der Waals surface area contributed by atoms with Crippen LogP contribution in [0, 0.1) is 11.6 Å². The average molecular weight is 567 g/mol. The molecule has 2 aromatic heterocycles. The van der Waals surface area contributed by atoms with Gasteiger partial charge in [-0.3, -0.25) is 0 Å². The summed E-state index contributed by atoms with van der Waals surface area (Å²) in [5, 5.41) is 2.55. The van der Waals surface area contributed by atoms with Crippen LogP contribution in [-0.4, -0.2) is 30.9 Å². The minimum atomic E-state index is -3.87. The Morgan fingerprint density at radius 3 is 2.69 bits per heavy atom. The number of hydrogen-bond donors (Lipinski definition) is 1. The Kier molecular flexibility index (Phi) is 7.33. The number of rotatable bonds is 9. The van der Waals surface area contributed by atoms with E-state index in [9.17, 15) is 17.6 Å². The lowest BCUT2D eigenvalue weighted by atomic mass is 9.95. The monoisotopic (exact) mass is 566 g/mol. The number of aromatic nitrogens is 2. The average Bonchev–Trinajstić information content (AvgIpc) is 3.57. The minimum absolute atomic E-state index is 0.0674. The van der Waals surface area contributed by atoms with Gasteiger partial charge in [0.15, 0.2) is 21.4 Å². The number of H-pyrrole nitrogens is 1. The number of carbonyl (C=O) groups excluding carboxylic acids is 1. The first-order chi connectivity index (χ1) is 18.7. The van der Waals surface area contributed by atoms with Crippen molar-refractivity contribution >= 4 is 38.4 Å². The van der Waals surface area contributed by atoms with Crippen LogP contribution in [0.25, 0.3) is 21.5 Å². The molecule has 0 amide bonds. The molecule has 3 aromatic carbocycles. The number of aldehydes is 1. The molecule has 0 aliphatic rings. The van der Waals surface area contributed by atoms with E-state index in [4.69, 9.17) is 4.74 Å². The zero-order valence-electron chi connectivity index (χ0n) is 21.1. The summed E-state index contributed by atoms with van der Waals surface area (Å²) in [4.78, 5) is 17.9. The Morgan fingerprint density at radius 2 is 1.92 bits per heavy atom. The van der Waals surface area contributed by atoms with Gasteiger partial charge >= 0.3 is 0 Å². The molecule has 0 aliphatic heterocycles. The number of carbonyl (C=O) groups is 1. The summed E-state index contributed by atoms with van der Waals surface area (Å²) in [5.41, 5.74) is 3.29. The van der Waals surface area contributed by atoms with E-state index >= 15 is 4.39 Å². The van der Waals surface area contributed by atoms with Gasteiger partial charge in [-0.15, -0.1) is 11.3 Å². The van der Waals surface area contributed by atoms with Crippen molar-refractivity contribution in [3.05, 3.63) is 94.6 Å². The van der Waals surface area contributed by atoms with Gasteiger partial charge in [-0.1, -0.05) is 31.2 Å². The van der Waals surface area contributed by atoms with Crippen LogP contribution in [0.15, 0.2) is 71.1 Å². The minimum Gasteiger partial charge on any atom is -0.453 e. The number of nitrogens with zero attached hydrogens (tertiary/aromatic N) is 1. The van der Waals surface area contributed by atoms with Gasteiger partial charge in [0.25, 0.3) is 0 Å². The summed E-state index contributed by atoms with van der Waals surface area (Å²) < 4.78 is 60.8. The molecular formula is C29H24F2N2O4S2. The molecule has 5 aromatic rings. The maximum Gasteiger partial charge on any atom is 0.182 e. The Balaban J connectivity index is 1.47. The fraction of sp³-hybridized carbons (Fsp3) is 0.172. The standard InChI is InChI=1S/C29H24F2N2O4S2/c1-17(19-7-3-5-18(13-19)6-4-12-34)26-16-38-29(33-26)22-14-20(8-9-23(22)30)37-27-24(31)15-25-21(10-11-32-25)28(27)39(2,35)36/h3,5,7-17,32H,4,6H2,1-2H3. The van der Waals surface area contributed by atoms with Crippen molar-refractivity contribution < 1.29 is 26.7 Å². The number of sulfone groups is 1. The third kappa shape index (κ3) is 5.48. The number of aromatic amines is 1. The van der Waals surface area contributed by atoms with Gasteiger partial charge < -0.3 is 14.5 Å². The number of benzene rings is 3. The Hall–Kier alpha value is -3.89. The molecule has 5 rings (SSSR count). The molecule has 0 aliphatic carbocycles. The van der Waals surface area contributed by atoms with Gasteiger partial charge in [0.1, 0.15) is 27.8 Å². The van der Waals surface area contributed by atoms with Crippen molar-refractivity contribution in [3.8, 4) is 22.1 Å². The van der Waals surface area contributed by atoms with E-state index in [2.05, 4.69) is 9.97 Å². The second-order valence-electron chi connectivity index (χ2n) is 9.22. The van der Waals surface area contributed by atoms with E-state index < -0.39 is 27.2 Å². The van der Waals surface area contributed by atoms with Gasteiger partial charge in [0, 0.05) is 52.7 Å². The number of aryl methyl sites for hydroxylation is 1. The largest absolute Gasteiger partial charge is 0.453 e. The first kappa shape index (κ1) is 26.7. The van der Waals surface area contributed by atoms with E-state index in [1.54, 1.807) is 0 Å². The summed E-state index contributed by atoms with van der Waals surface area (Å²) in [6, 6.07) is 14.5. The topological polar surface area (TPSA) is 89.1 Å². The molecule has 0 spiro atoms. The van der Waals surface area contributed by atoms with Crippen LogP contribution >= 0.6 is 11.3 Å². The van der Waals surface area contributed by atoms with Crippen molar-refractivity contribution in [2.75, 3.05) is 6.26 Å². The number of hydrogen-bond acceptors (Lipinski definition) is 6. The molecule has 39 heavy (non-hydrogen) atoms. The highest BCUT2D eigenvalue weighted by Gasteiger charge is 2.25. The molecule has 0 fully saturated rings. The van der Waals surface area contributed by atoms with Gasteiger partial charge in [0.05, 0.1) is 5.69 Å². The molecule has 0 saturated carbocycles. The molecule has 200 valence electrons. The van der Waals surface area contributed by atoms with Gasteiger partial charge in [-0.25, -0.2) is 22.2 Å². The zero-order valence-corrected chi connectivity index (χ0v) is 22.7. The Morgan fingerprint density at radius 1 is 1.10 bits per heavy atom. The summed E-state index contributed by atoms with van der Waals surface area (Å²) in [6.07, 6.45) is 4.49. The lowest BCUT2D eigenvalue weighted by molar-refractivity contribution is -0.107. The first-order valence-corrected chi connectivity index (χ1v) is 14.9. The number of ether oxygens (including phenoxy) is 1. The number of halogens is 2. The second-order valence-corrected chi connectivity index (χ2v) is 12.0. The van der Waals surface area contributed by atoms with E-state index in [0.29, 0.717) is 28.8 Å². The summed E-state index contributed by atoms with van der Waals surface area (Å²) in [6.45, 7) is 2.00. The number of thiazole rings is 1. The molecule has 2 heterocycles. The summed E-state index contributed by atoms with van der Waals surface area (Å²) in [7, 11) is -3.87. The maximum absolute atomic E-state index is 15.0. The first-order valence-electron chi connectivity index (χ1n) is 12.1. The molecular weight excluding hydrogens is 542 g/mol. The fourth-order valence-corrected chi connectivity index (χ4v) is 6.44. The third-order valence-electron chi connectivity index (χ3n) is 6.44. The lowest BCUT2D eigenvalue weighted by Gasteiger charge is -2.13. The Labute approximate surface area is 228 Å². The van der Waals surface area contributed by atoms with E-state index in [-0.39, 0.29) is 22.1 Å². The smallest absolute Gasteiger partial charge is 0.182 e. The highest BCUT2D eigenvalue weighted by atomic mass is 32.2. The number of fused-ring (bicyclic) bond motifs is 1. The van der Waals surface area contributed by atoms with Crippen LogP contribution in [0.4, 0.5) is 8.78 Å². The maximum atomic E-state index is 15.0. The quantitative estimate of drug-likeness (QED) is 0.193. The summed E-state index contributed by atoms with van der Waals surface area (Å²) in [5.74, 6) is -1.87. The van der Waals surface area contributed by atoms with E-state index in [1.807, 2.05) is 36.6 Å². The van der Waals surface area contributed by atoms with Crippen molar-refractivity contribution in [3.63, 3.8) is 0 Å². The lowest BCUT2D eigenvalue weighted by Crippen LogP contribution is -2.03. The van der Waals surface area contributed by atoms with Gasteiger partial charge in [-0.05, 0) is 41.8 Å². The molecule has 0 saturated heterocycles. The molecule has 0 radical (unpaired) electrons. The third-order valence-corrected chi connectivity index (χ3v) is 8.48. The molecule has 1 unspecified atom stereocenters. The highest BCUT2D eigenvalue weighted by Crippen LogP contribution is 2.39. The predicted molar refractivity (Wildman–Crippen MR) is 147 cm³/mol. The van der Waals surface area contributed by atoms with Crippen LogP contribution < -0.4 is 4.74 Å². The predicted octanol–water partition coefficient (Wildman–Crippen LogP) is 7.05. The van der Waals surface area contributed by atoms with Crippen molar-refractivity contribution in [1.29, 1.82) is 0 Å². The molecule has 0 bridgehead atoms. The summed E-state index contributed by atoms with van der Waals surface area (Å²) >= 11 is 1.26. The van der Waals surface area contributed by atoms with E-state index in [1.165, 1.54) is 41.8 Å². The fourth-order valence-electron chi connectivity index (χ4n) is 4.46. The van der Waals surface area contributed by atoms with Crippen LogP contribution in [0.1, 0.15) is 36.1 Å². The second kappa shape index (κ2) is 10.7. The molecule has 1 atom stereocenters. The van der Waals surface area contributed by atoms with Crippen LogP contribution in [-0.2, 0) is 21.1 Å². The molecule has 10 heteroatoms. The normalized spacial score (nSPS) is 12.5. The van der Waals surface area contributed by atoms with Crippen LogP contribution in [0.3, 0.4) is 0 Å². The van der Waals surface area contributed by atoms with Crippen LogP contribution in [0.2, 0.25) is 0 Å². The van der Waals surface area contributed by atoms with Crippen molar-refractivity contribution in [1.82, 2.24) is 9.97 Å². The van der Waals surface area contributed by atoms with Crippen molar-refractivity contribution in [2.45, 2.75) is 30.6 Å². The SMILES string of the molecule is CC(c1cccc(CCC=O)c1)c1csc(-c2cc(Oc3c(F)cc4[nH]ccc4c3S(C)(=O)=O)ccc2F)n1. The van der Waals surface area contributed by atoms with Crippen LogP contribution in [0.5, 0.6) is 11.5 Å².